The van der Waals surface area contributed by atoms with Crippen molar-refractivity contribution in [1.82, 2.24) is 0 Å². The van der Waals surface area contributed by atoms with Crippen molar-refractivity contribution in [3.05, 3.63) is 0 Å². The molecule has 0 amide bonds. The van der Waals surface area contributed by atoms with E-state index in [9.17, 15) is 0 Å². The lowest BCUT2D eigenvalue weighted by Gasteiger charge is -2.09. The van der Waals surface area contributed by atoms with Crippen molar-refractivity contribution in [3.8, 4) is 0 Å². The van der Waals surface area contributed by atoms with E-state index in [4.69, 9.17) is 42.9 Å². The van der Waals surface area contributed by atoms with Crippen molar-refractivity contribution in [1.29, 1.82) is 0 Å². The van der Waals surface area contributed by atoms with Crippen LogP contribution in [0.5, 0.6) is 0 Å². The van der Waals surface area contributed by atoms with Gasteiger partial charge in [0, 0.05) is 0 Å². The molecule has 0 fully saturated rings. The van der Waals surface area contributed by atoms with Gasteiger partial charge in [0.25, 0.3) is 0 Å². The largest absolute Gasteiger partial charge is 0.389 e. The fraction of sp³-hybridized carbons (Fsp3) is 1.00. The molecule has 0 saturated carbocycles. The maximum absolute atomic E-state index is 8.99. The van der Waals surface area contributed by atoms with Gasteiger partial charge in [0.05, 0.1) is 50.4 Å². The topological polar surface area (TPSA) is 58.9 Å². The van der Waals surface area contributed by atoms with Crippen LogP contribution in [0.3, 0.4) is 0 Å². The first-order chi connectivity index (χ1) is 6.70. The quantitative estimate of drug-likeness (QED) is 0.452. The summed E-state index contributed by atoms with van der Waals surface area (Å²) in [6, 6.07) is 0. The third kappa shape index (κ3) is 8.99. The molecule has 14 heavy (non-hydrogen) atoms. The third-order valence-corrected chi connectivity index (χ3v) is 2.06. The van der Waals surface area contributed by atoms with Crippen LogP contribution in [-0.2, 0) is 9.47 Å². The van der Waals surface area contributed by atoms with Gasteiger partial charge < -0.3 is 19.7 Å². The minimum Gasteiger partial charge on any atom is -0.389 e. The van der Waals surface area contributed by atoms with E-state index in [1.165, 1.54) is 0 Å². The van der Waals surface area contributed by atoms with E-state index in [1.54, 1.807) is 0 Å². The molecule has 0 aliphatic heterocycles. The predicted molar refractivity (Wildman–Crippen MR) is 55.1 cm³/mol. The molecule has 0 aliphatic rings. The Morgan fingerprint density at radius 2 is 1.21 bits per heavy atom. The van der Waals surface area contributed by atoms with E-state index in [2.05, 4.69) is 0 Å². The maximum Gasteiger partial charge on any atom is 0.0908 e. The summed E-state index contributed by atoms with van der Waals surface area (Å²) in [4.78, 5) is 0. The summed E-state index contributed by atoms with van der Waals surface area (Å²) in [7, 11) is 0. The molecule has 2 N–H and O–H groups in total. The van der Waals surface area contributed by atoms with Gasteiger partial charge in [-0.05, 0) is 0 Å². The zero-order chi connectivity index (χ0) is 10.8. The Balaban J connectivity index is 3.06. The fourth-order valence-electron chi connectivity index (χ4n) is 0.646. The summed E-state index contributed by atoms with van der Waals surface area (Å²) in [6.45, 7) is 1.13. The number of alkyl halides is 2. The number of hydrogen-bond donors (Lipinski definition) is 2. The summed E-state index contributed by atoms with van der Waals surface area (Å²) in [5, 5.41) is 18.0. The van der Waals surface area contributed by atoms with E-state index >= 15 is 0 Å². The number of aliphatic hydroxyl groups excluding tert-OH is 2. The first-order valence-electron chi connectivity index (χ1n) is 4.34. The van der Waals surface area contributed by atoms with Crippen LogP contribution in [0.25, 0.3) is 0 Å². The Bertz CT molecular complexity index is 112. The predicted octanol–water partition coefficient (Wildman–Crippen LogP) is 0.219. The summed E-state index contributed by atoms with van der Waals surface area (Å²) in [5.41, 5.74) is 0. The van der Waals surface area contributed by atoms with Crippen LogP contribution in [0.4, 0.5) is 0 Å². The smallest absolute Gasteiger partial charge is 0.0908 e. The van der Waals surface area contributed by atoms with Crippen molar-refractivity contribution in [2.75, 3.05) is 38.2 Å². The van der Waals surface area contributed by atoms with Crippen LogP contribution >= 0.6 is 23.2 Å². The zero-order valence-electron chi connectivity index (χ0n) is 7.86. The van der Waals surface area contributed by atoms with Crippen LogP contribution in [0.15, 0.2) is 0 Å². The van der Waals surface area contributed by atoms with Crippen molar-refractivity contribution < 1.29 is 19.7 Å². The zero-order valence-corrected chi connectivity index (χ0v) is 9.38. The van der Waals surface area contributed by atoms with Crippen molar-refractivity contribution in [2.45, 2.75) is 12.2 Å². The average Bonchev–Trinajstić information content (AvgIpc) is 2.22. The van der Waals surface area contributed by atoms with Gasteiger partial charge >= 0.3 is 0 Å². The highest BCUT2D eigenvalue weighted by molar-refractivity contribution is 6.18. The van der Waals surface area contributed by atoms with Gasteiger partial charge in [-0.2, -0.15) is 0 Å². The average molecular weight is 247 g/mol. The molecule has 0 bridgehead atoms. The van der Waals surface area contributed by atoms with E-state index in [0.29, 0.717) is 13.2 Å². The van der Waals surface area contributed by atoms with Gasteiger partial charge in [-0.15, -0.1) is 23.2 Å². The minimum absolute atomic E-state index is 0.159. The molecule has 86 valence electrons. The van der Waals surface area contributed by atoms with Crippen molar-refractivity contribution in [3.63, 3.8) is 0 Å². The Hall–Kier alpha value is 0.420. The molecular weight excluding hydrogens is 231 g/mol. The first-order valence-corrected chi connectivity index (χ1v) is 5.41. The number of ether oxygens (including phenoxy) is 2. The highest BCUT2D eigenvalue weighted by Gasteiger charge is 2.02. The van der Waals surface area contributed by atoms with Crippen LogP contribution in [0, 0.1) is 0 Å². The highest BCUT2D eigenvalue weighted by Crippen LogP contribution is 1.91. The molecule has 0 radical (unpaired) electrons. The number of aliphatic hydroxyl groups is 2. The van der Waals surface area contributed by atoms with Crippen LogP contribution in [0.2, 0.25) is 0 Å². The molecule has 0 aromatic carbocycles. The molecule has 0 rings (SSSR count). The lowest BCUT2D eigenvalue weighted by atomic mass is 10.4. The van der Waals surface area contributed by atoms with E-state index in [0.717, 1.165) is 0 Å². The lowest BCUT2D eigenvalue weighted by Crippen LogP contribution is -2.21. The molecule has 6 heteroatoms. The molecule has 0 aliphatic carbocycles. The van der Waals surface area contributed by atoms with Gasteiger partial charge in [0.15, 0.2) is 0 Å². The van der Waals surface area contributed by atoms with Gasteiger partial charge in [-0.1, -0.05) is 0 Å². The van der Waals surface area contributed by atoms with Crippen LogP contribution in [0.1, 0.15) is 0 Å². The van der Waals surface area contributed by atoms with Crippen molar-refractivity contribution in [2.24, 2.45) is 0 Å². The van der Waals surface area contributed by atoms with E-state index < -0.39 is 12.2 Å². The Morgan fingerprint density at radius 1 is 0.857 bits per heavy atom. The molecule has 2 unspecified atom stereocenters. The second-order valence-corrected chi connectivity index (χ2v) is 3.38. The third-order valence-electron chi connectivity index (χ3n) is 1.35. The molecular formula is C8H16Cl2O4. The Kier molecular flexibility index (Phi) is 10.3. The molecule has 0 aromatic heterocycles. The number of hydrogen-bond acceptors (Lipinski definition) is 4. The summed E-state index contributed by atoms with van der Waals surface area (Å²) in [6.07, 6.45) is -1.27. The second kappa shape index (κ2) is 9.96. The molecule has 0 aromatic rings. The second-order valence-electron chi connectivity index (χ2n) is 2.77. The summed E-state index contributed by atoms with van der Waals surface area (Å²) in [5.74, 6) is 0.317. The molecule has 0 heterocycles. The van der Waals surface area contributed by atoms with Gasteiger partial charge in [-0.3, -0.25) is 0 Å². The Morgan fingerprint density at radius 3 is 1.50 bits per heavy atom. The van der Waals surface area contributed by atoms with Crippen LogP contribution in [-0.4, -0.2) is 60.6 Å². The maximum atomic E-state index is 8.99. The normalized spacial score (nSPS) is 15.4. The number of rotatable bonds is 9. The van der Waals surface area contributed by atoms with Gasteiger partial charge in [-0.25, -0.2) is 0 Å². The Labute approximate surface area is 93.7 Å². The molecule has 4 nitrogen and oxygen atoms in total. The van der Waals surface area contributed by atoms with Gasteiger partial charge in [0.2, 0.25) is 0 Å². The minimum atomic E-state index is -0.634. The van der Waals surface area contributed by atoms with Crippen LogP contribution < -0.4 is 0 Å². The summed E-state index contributed by atoms with van der Waals surface area (Å²) < 4.78 is 10.1. The van der Waals surface area contributed by atoms with E-state index in [1.807, 2.05) is 0 Å². The number of halogens is 2. The molecule has 2 atom stereocenters. The van der Waals surface area contributed by atoms with Crippen molar-refractivity contribution >= 4 is 23.2 Å². The lowest BCUT2D eigenvalue weighted by molar-refractivity contribution is -0.00887. The fourth-order valence-corrected chi connectivity index (χ4v) is 0.824. The highest BCUT2D eigenvalue weighted by atomic mass is 35.5. The monoisotopic (exact) mass is 246 g/mol. The van der Waals surface area contributed by atoms with Gasteiger partial charge in [0.1, 0.15) is 0 Å². The summed E-state index contributed by atoms with van der Waals surface area (Å²) >= 11 is 10.7. The first kappa shape index (κ1) is 14.4. The standard InChI is InChI=1S/C8H16Cl2O4/c9-3-7(11)5-13-1-2-14-6-8(12)4-10/h7-8,11-12H,1-6H2. The van der Waals surface area contributed by atoms with E-state index in [-0.39, 0.29) is 25.0 Å². The molecule has 0 spiro atoms. The molecule has 0 saturated heterocycles. The SMILES string of the molecule is OC(CCl)COCCOCC(O)CCl.